The molecule has 0 bridgehead atoms. The molecule has 1 atom stereocenters. The van der Waals surface area contributed by atoms with Crippen molar-refractivity contribution in [2.75, 3.05) is 0 Å². The van der Waals surface area contributed by atoms with Gasteiger partial charge in [0.1, 0.15) is 0 Å². The summed E-state index contributed by atoms with van der Waals surface area (Å²) < 4.78 is 2.02. The summed E-state index contributed by atoms with van der Waals surface area (Å²) >= 11 is 0. The van der Waals surface area contributed by atoms with Crippen LogP contribution >= 0.6 is 0 Å². The first kappa shape index (κ1) is 7.84. The minimum Gasteiger partial charge on any atom is -0.272 e. The summed E-state index contributed by atoms with van der Waals surface area (Å²) in [5.41, 5.74) is 4.22. The highest BCUT2D eigenvalue weighted by Crippen LogP contribution is 2.32. The summed E-state index contributed by atoms with van der Waals surface area (Å²) in [7, 11) is 2.04. The Labute approximate surface area is 73.6 Å². The number of hydrogen-bond donors (Lipinski definition) is 0. The van der Waals surface area contributed by atoms with Crippen molar-refractivity contribution in [3.63, 3.8) is 0 Å². The van der Waals surface area contributed by atoms with E-state index >= 15 is 0 Å². The second-order valence-corrected chi connectivity index (χ2v) is 3.86. The second-order valence-electron chi connectivity index (χ2n) is 3.86. The van der Waals surface area contributed by atoms with Gasteiger partial charge in [0.2, 0.25) is 0 Å². The Morgan fingerprint density at radius 1 is 1.50 bits per heavy atom. The van der Waals surface area contributed by atoms with Gasteiger partial charge in [0.05, 0.1) is 5.69 Å². The molecule has 1 heterocycles. The van der Waals surface area contributed by atoms with Gasteiger partial charge in [0.15, 0.2) is 0 Å². The summed E-state index contributed by atoms with van der Waals surface area (Å²) in [6, 6.07) is 0. The zero-order valence-corrected chi connectivity index (χ0v) is 8.09. The molecule has 0 saturated heterocycles. The average molecular weight is 164 g/mol. The Morgan fingerprint density at radius 2 is 2.25 bits per heavy atom. The third kappa shape index (κ3) is 0.977. The van der Waals surface area contributed by atoms with Gasteiger partial charge in [-0.05, 0) is 37.7 Å². The highest BCUT2D eigenvalue weighted by Gasteiger charge is 2.22. The van der Waals surface area contributed by atoms with Crippen molar-refractivity contribution in [1.29, 1.82) is 0 Å². The average Bonchev–Trinajstić information content (AvgIpc) is 2.29. The van der Waals surface area contributed by atoms with Crippen LogP contribution in [-0.2, 0) is 13.5 Å². The summed E-state index contributed by atoms with van der Waals surface area (Å²) in [4.78, 5) is 0. The lowest BCUT2D eigenvalue weighted by Crippen LogP contribution is -2.05. The van der Waals surface area contributed by atoms with Gasteiger partial charge in [0.25, 0.3) is 0 Å². The predicted molar refractivity (Wildman–Crippen MR) is 49.3 cm³/mol. The Hall–Kier alpha value is -0.790. The first-order valence-corrected chi connectivity index (χ1v) is 4.72. The number of hydrogen-bond acceptors (Lipinski definition) is 1. The van der Waals surface area contributed by atoms with E-state index in [1.54, 1.807) is 0 Å². The molecular weight excluding hydrogens is 148 g/mol. The molecule has 1 unspecified atom stereocenters. The van der Waals surface area contributed by atoms with Gasteiger partial charge in [-0.1, -0.05) is 6.92 Å². The molecule has 2 heteroatoms. The number of fused-ring (bicyclic) bond motifs is 1. The molecular formula is C10H16N2. The lowest BCUT2D eigenvalue weighted by Gasteiger charge is -2.17. The minimum atomic E-state index is 0.724. The van der Waals surface area contributed by atoms with Crippen LogP contribution in [0.3, 0.4) is 0 Å². The van der Waals surface area contributed by atoms with Crippen LogP contribution in [0.15, 0.2) is 0 Å². The summed E-state index contributed by atoms with van der Waals surface area (Å²) in [6.45, 7) is 4.49. The smallest absolute Gasteiger partial charge is 0.0661 e. The first-order valence-electron chi connectivity index (χ1n) is 4.72. The van der Waals surface area contributed by atoms with E-state index in [1.807, 2.05) is 11.7 Å². The molecule has 0 N–H and O–H groups in total. The Balaban J connectivity index is 2.54. The lowest BCUT2D eigenvalue weighted by atomic mass is 9.87. The van der Waals surface area contributed by atoms with Crippen LogP contribution < -0.4 is 0 Å². The van der Waals surface area contributed by atoms with Crippen LogP contribution in [0.25, 0.3) is 0 Å². The van der Waals surface area contributed by atoms with Crippen molar-refractivity contribution in [2.24, 2.45) is 7.05 Å². The maximum absolute atomic E-state index is 4.52. The van der Waals surface area contributed by atoms with E-state index in [-0.39, 0.29) is 0 Å². The Kier molecular flexibility index (Phi) is 1.71. The molecule has 0 radical (unpaired) electrons. The third-order valence-corrected chi connectivity index (χ3v) is 3.00. The maximum atomic E-state index is 4.52. The van der Waals surface area contributed by atoms with E-state index in [2.05, 4.69) is 18.9 Å². The number of rotatable bonds is 0. The van der Waals surface area contributed by atoms with Crippen LogP contribution in [-0.4, -0.2) is 9.78 Å². The van der Waals surface area contributed by atoms with Crippen molar-refractivity contribution in [3.8, 4) is 0 Å². The van der Waals surface area contributed by atoms with Crippen molar-refractivity contribution in [2.45, 2.75) is 39.0 Å². The zero-order valence-electron chi connectivity index (χ0n) is 8.09. The summed E-state index contributed by atoms with van der Waals surface area (Å²) in [5.74, 6) is 0.724. The molecule has 0 saturated carbocycles. The van der Waals surface area contributed by atoms with Gasteiger partial charge in [0, 0.05) is 12.7 Å². The molecule has 66 valence electrons. The van der Waals surface area contributed by atoms with E-state index < -0.39 is 0 Å². The lowest BCUT2D eigenvalue weighted by molar-refractivity contribution is 0.582. The number of aromatic nitrogens is 2. The van der Waals surface area contributed by atoms with E-state index in [0.29, 0.717) is 0 Å². The van der Waals surface area contributed by atoms with Gasteiger partial charge in [-0.2, -0.15) is 5.10 Å². The summed E-state index contributed by atoms with van der Waals surface area (Å²) in [6.07, 6.45) is 3.82. The summed E-state index contributed by atoms with van der Waals surface area (Å²) in [5, 5.41) is 4.52. The molecule has 1 aliphatic carbocycles. The third-order valence-electron chi connectivity index (χ3n) is 3.00. The van der Waals surface area contributed by atoms with E-state index in [4.69, 9.17) is 0 Å². The molecule has 1 aromatic rings. The highest BCUT2D eigenvalue weighted by molar-refractivity contribution is 5.30. The van der Waals surface area contributed by atoms with Crippen molar-refractivity contribution < 1.29 is 0 Å². The van der Waals surface area contributed by atoms with Crippen molar-refractivity contribution in [3.05, 3.63) is 17.0 Å². The van der Waals surface area contributed by atoms with Gasteiger partial charge in [-0.15, -0.1) is 0 Å². The Morgan fingerprint density at radius 3 is 2.92 bits per heavy atom. The molecule has 1 aromatic heterocycles. The van der Waals surface area contributed by atoms with Crippen LogP contribution in [0.2, 0.25) is 0 Å². The standard InChI is InChI=1S/C10H16N2/c1-7-5-4-6-9-10(7)8(2)12(3)11-9/h7H,4-6H2,1-3H3. The number of aryl methyl sites for hydroxylation is 2. The molecule has 2 nitrogen and oxygen atoms in total. The normalized spacial score (nSPS) is 22.4. The monoisotopic (exact) mass is 164 g/mol. The van der Waals surface area contributed by atoms with E-state index in [9.17, 15) is 0 Å². The molecule has 0 amide bonds. The van der Waals surface area contributed by atoms with E-state index in [0.717, 1.165) is 5.92 Å². The van der Waals surface area contributed by atoms with Crippen LogP contribution in [0.1, 0.15) is 42.6 Å². The topological polar surface area (TPSA) is 17.8 Å². The fourth-order valence-electron chi connectivity index (χ4n) is 2.24. The van der Waals surface area contributed by atoms with Crippen LogP contribution in [0, 0.1) is 6.92 Å². The molecule has 0 fully saturated rings. The minimum absolute atomic E-state index is 0.724. The molecule has 2 rings (SSSR count). The Bertz CT molecular complexity index is 299. The SMILES string of the molecule is Cc1c2c(nn1C)CCCC2C. The predicted octanol–water partition coefficient (Wildman–Crippen LogP) is 2.17. The molecule has 12 heavy (non-hydrogen) atoms. The number of nitrogens with zero attached hydrogens (tertiary/aromatic N) is 2. The molecule has 0 spiro atoms. The molecule has 1 aliphatic rings. The van der Waals surface area contributed by atoms with Gasteiger partial charge in [-0.25, -0.2) is 0 Å². The largest absolute Gasteiger partial charge is 0.272 e. The zero-order chi connectivity index (χ0) is 8.72. The van der Waals surface area contributed by atoms with Crippen LogP contribution in [0.5, 0.6) is 0 Å². The maximum Gasteiger partial charge on any atom is 0.0661 e. The first-order chi connectivity index (χ1) is 5.70. The van der Waals surface area contributed by atoms with Crippen molar-refractivity contribution >= 4 is 0 Å². The fourth-order valence-corrected chi connectivity index (χ4v) is 2.24. The van der Waals surface area contributed by atoms with Gasteiger partial charge >= 0.3 is 0 Å². The molecule has 0 aromatic carbocycles. The van der Waals surface area contributed by atoms with Gasteiger partial charge < -0.3 is 0 Å². The quantitative estimate of drug-likeness (QED) is 0.574. The molecule has 0 aliphatic heterocycles. The van der Waals surface area contributed by atoms with Crippen LogP contribution in [0.4, 0.5) is 0 Å². The fraction of sp³-hybridized carbons (Fsp3) is 0.700. The second kappa shape index (κ2) is 2.61. The van der Waals surface area contributed by atoms with E-state index in [1.165, 1.54) is 36.2 Å². The highest BCUT2D eigenvalue weighted by atomic mass is 15.3. The van der Waals surface area contributed by atoms with Gasteiger partial charge in [-0.3, -0.25) is 4.68 Å². The van der Waals surface area contributed by atoms with Crippen molar-refractivity contribution in [1.82, 2.24) is 9.78 Å².